The van der Waals surface area contributed by atoms with Crippen LogP contribution < -0.4 is 21.1 Å². The van der Waals surface area contributed by atoms with Crippen LogP contribution in [0.3, 0.4) is 0 Å². The second-order valence-corrected chi connectivity index (χ2v) is 4.03. The van der Waals surface area contributed by atoms with E-state index in [1.807, 2.05) is 7.05 Å². The Morgan fingerprint density at radius 1 is 1.25 bits per heavy atom. The predicted molar refractivity (Wildman–Crippen MR) is 80.2 cm³/mol. The Bertz CT molecular complexity index is 423. The number of benzene rings is 1. The van der Waals surface area contributed by atoms with Crippen molar-refractivity contribution in [1.82, 2.24) is 5.32 Å². The average molecular weight is 302 g/mol. The van der Waals surface area contributed by atoms with Gasteiger partial charge in [0.25, 0.3) is 5.91 Å². The summed E-state index contributed by atoms with van der Waals surface area (Å²) in [5.41, 5.74) is 5.66. The minimum atomic E-state index is -0.526. The summed E-state index contributed by atoms with van der Waals surface area (Å²) in [6, 6.07) is 6.77. The fourth-order valence-corrected chi connectivity index (χ4v) is 1.44. The van der Waals surface area contributed by atoms with E-state index in [9.17, 15) is 9.59 Å². The lowest BCUT2D eigenvalue weighted by molar-refractivity contribution is -0.120. The van der Waals surface area contributed by atoms with Crippen molar-refractivity contribution in [3.8, 4) is 5.75 Å². The lowest BCUT2D eigenvalue weighted by Crippen LogP contribution is -2.20. The fraction of sp³-hybridized carbons (Fsp3) is 0.385. The molecular weight excluding hydrogens is 282 g/mol. The standard InChI is InChI=1S/C13H19N3O3.ClH/c1-15-8-2-3-13(18)16-10-4-6-11(7-5-10)19-9-12(14)17;/h4-7,15H,2-3,8-9H2,1H3,(H2,14,17)(H,16,18);1H. The maximum Gasteiger partial charge on any atom is 0.255 e. The first-order chi connectivity index (χ1) is 9.11. The van der Waals surface area contributed by atoms with Crippen molar-refractivity contribution < 1.29 is 14.3 Å². The Morgan fingerprint density at radius 2 is 1.90 bits per heavy atom. The van der Waals surface area contributed by atoms with E-state index in [-0.39, 0.29) is 24.9 Å². The van der Waals surface area contributed by atoms with E-state index in [1.165, 1.54) is 0 Å². The summed E-state index contributed by atoms with van der Waals surface area (Å²) in [5, 5.41) is 5.76. The second-order valence-electron chi connectivity index (χ2n) is 4.03. The average Bonchev–Trinajstić information content (AvgIpc) is 2.38. The molecule has 0 radical (unpaired) electrons. The lowest BCUT2D eigenvalue weighted by Gasteiger charge is -2.07. The third-order valence-corrected chi connectivity index (χ3v) is 2.35. The van der Waals surface area contributed by atoms with E-state index in [0.717, 1.165) is 13.0 Å². The van der Waals surface area contributed by atoms with Gasteiger partial charge in [0, 0.05) is 12.1 Å². The quantitative estimate of drug-likeness (QED) is 0.622. The van der Waals surface area contributed by atoms with Crippen molar-refractivity contribution in [3.63, 3.8) is 0 Å². The van der Waals surface area contributed by atoms with E-state index >= 15 is 0 Å². The molecule has 0 aliphatic carbocycles. The minimum absolute atomic E-state index is 0. The highest BCUT2D eigenvalue weighted by molar-refractivity contribution is 5.90. The molecule has 7 heteroatoms. The van der Waals surface area contributed by atoms with E-state index in [1.54, 1.807) is 24.3 Å². The van der Waals surface area contributed by atoms with Crippen LogP contribution in [0, 0.1) is 0 Å². The molecule has 2 amide bonds. The van der Waals surface area contributed by atoms with Gasteiger partial charge in [-0.3, -0.25) is 9.59 Å². The number of hydrogen-bond donors (Lipinski definition) is 3. The highest BCUT2D eigenvalue weighted by atomic mass is 35.5. The van der Waals surface area contributed by atoms with Gasteiger partial charge in [0.15, 0.2) is 6.61 Å². The molecule has 4 N–H and O–H groups in total. The number of amides is 2. The van der Waals surface area contributed by atoms with Crippen molar-refractivity contribution in [2.75, 3.05) is 25.5 Å². The number of rotatable bonds is 8. The van der Waals surface area contributed by atoms with Crippen LogP contribution in [0.2, 0.25) is 0 Å². The molecule has 0 heterocycles. The fourth-order valence-electron chi connectivity index (χ4n) is 1.44. The maximum atomic E-state index is 11.6. The van der Waals surface area contributed by atoms with Gasteiger partial charge >= 0.3 is 0 Å². The number of carbonyl (C=O) groups is 2. The van der Waals surface area contributed by atoms with Crippen LogP contribution in [-0.4, -0.2) is 32.0 Å². The first kappa shape index (κ1) is 18.2. The first-order valence-corrected chi connectivity index (χ1v) is 6.07. The summed E-state index contributed by atoms with van der Waals surface area (Å²) < 4.78 is 5.11. The number of carbonyl (C=O) groups excluding carboxylic acids is 2. The minimum Gasteiger partial charge on any atom is -0.484 e. The van der Waals surface area contributed by atoms with Crippen molar-refractivity contribution in [3.05, 3.63) is 24.3 Å². The van der Waals surface area contributed by atoms with Crippen LogP contribution in [0.1, 0.15) is 12.8 Å². The second kappa shape index (κ2) is 10.1. The molecule has 0 atom stereocenters. The Morgan fingerprint density at radius 3 is 2.45 bits per heavy atom. The molecule has 6 nitrogen and oxygen atoms in total. The molecule has 1 aromatic rings. The molecule has 112 valence electrons. The maximum absolute atomic E-state index is 11.6. The number of ether oxygens (including phenoxy) is 1. The lowest BCUT2D eigenvalue weighted by atomic mass is 10.2. The summed E-state index contributed by atoms with van der Waals surface area (Å²) in [6.07, 6.45) is 1.27. The summed E-state index contributed by atoms with van der Waals surface area (Å²) in [5.74, 6) is -0.0186. The normalized spacial score (nSPS) is 9.45. The van der Waals surface area contributed by atoms with Crippen LogP contribution in [0.4, 0.5) is 5.69 Å². The number of hydrogen-bond acceptors (Lipinski definition) is 4. The molecule has 0 saturated carbocycles. The van der Waals surface area contributed by atoms with Crippen LogP contribution in [-0.2, 0) is 9.59 Å². The van der Waals surface area contributed by atoms with Gasteiger partial charge in [-0.15, -0.1) is 12.4 Å². The van der Waals surface area contributed by atoms with Crippen LogP contribution >= 0.6 is 12.4 Å². The summed E-state index contributed by atoms with van der Waals surface area (Å²) in [7, 11) is 1.85. The molecule has 0 fully saturated rings. The SMILES string of the molecule is CNCCCC(=O)Nc1ccc(OCC(N)=O)cc1.Cl. The predicted octanol–water partition coefficient (Wildman–Crippen LogP) is 0.911. The van der Waals surface area contributed by atoms with Crippen LogP contribution in [0.15, 0.2) is 24.3 Å². The van der Waals surface area contributed by atoms with Crippen molar-refractivity contribution in [1.29, 1.82) is 0 Å². The van der Waals surface area contributed by atoms with E-state index in [2.05, 4.69) is 10.6 Å². The van der Waals surface area contributed by atoms with Gasteiger partial charge in [-0.25, -0.2) is 0 Å². The summed E-state index contributed by atoms with van der Waals surface area (Å²) >= 11 is 0. The zero-order valence-electron chi connectivity index (χ0n) is 11.3. The van der Waals surface area contributed by atoms with Crippen molar-refractivity contribution >= 4 is 29.9 Å². The van der Waals surface area contributed by atoms with Crippen LogP contribution in [0.5, 0.6) is 5.75 Å². The molecule has 0 aliphatic heterocycles. The summed E-state index contributed by atoms with van der Waals surface area (Å²) in [4.78, 5) is 22.1. The van der Waals surface area contributed by atoms with E-state index in [4.69, 9.17) is 10.5 Å². The molecule has 0 aliphatic rings. The van der Waals surface area contributed by atoms with Gasteiger partial charge in [0.1, 0.15) is 5.75 Å². The molecule has 0 unspecified atom stereocenters. The molecular formula is C13H20ClN3O3. The molecule has 20 heavy (non-hydrogen) atoms. The topological polar surface area (TPSA) is 93.4 Å². The Hall–Kier alpha value is -1.79. The summed E-state index contributed by atoms with van der Waals surface area (Å²) in [6.45, 7) is 0.656. The largest absolute Gasteiger partial charge is 0.484 e. The van der Waals surface area contributed by atoms with Gasteiger partial charge in [-0.1, -0.05) is 0 Å². The highest BCUT2D eigenvalue weighted by Crippen LogP contribution is 2.15. The Kier molecular flexibility index (Phi) is 9.15. The third-order valence-electron chi connectivity index (χ3n) is 2.35. The number of nitrogens with two attached hydrogens (primary N) is 1. The molecule has 0 aromatic heterocycles. The monoisotopic (exact) mass is 301 g/mol. The van der Waals surface area contributed by atoms with E-state index in [0.29, 0.717) is 17.9 Å². The number of anilines is 1. The molecule has 0 spiro atoms. The molecule has 0 saturated heterocycles. The van der Waals surface area contributed by atoms with Crippen molar-refractivity contribution in [2.45, 2.75) is 12.8 Å². The van der Waals surface area contributed by atoms with Gasteiger partial charge in [-0.2, -0.15) is 0 Å². The van der Waals surface area contributed by atoms with Gasteiger partial charge in [-0.05, 0) is 44.3 Å². The third kappa shape index (κ3) is 7.60. The smallest absolute Gasteiger partial charge is 0.255 e. The molecule has 1 rings (SSSR count). The number of nitrogens with one attached hydrogen (secondary N) is 2. The molecule has 0 bridgehead atoms. The zero-order valence-corrected chi connectivity index (χ0v) is 12.2. The van der Waals surface area contributed by atoms with Crippen molar-refractivity contribution in [2.24, 2.45) is 5.73 Å². The Balaban J connectivity index is 0.00000361. The molecule has 1 aromatic carbocycles. The number of primary amides is 1. The first-order valence-electron chi connectivity index (χ1n) is 6.07. The van der Waals surface area contributed by atoms with Gasteiger partial charge in [0.2, 0.25) is 5.91 Å². The number of halogens is 1. The highest BCUT2D eigenvalue weighted by Gasteiger charge is 2.02. The Labute approximate surface area is 124 Å². The van der Waals surface area contributed by atoms with E-state index < -0.39 is 5.91 Å². The van der Waals surface area contributed by atoms with Gasteiger partial charge in [0.05, 0.1) is 0 Å². The van der Waals surface area contributed by atoms with Gasteiger partial charge < -0.3 is 21.1 Å². The van der Waals surface area contributed by atoms with Crippen LogP contribution in [0.25, 0.3) is 0 Å². The zero-order chi connectivity index (χ0) is 14.1.